The van der Waals surface area contributed by atoms with Gasteiger partial charge in [0.2, 0.25) is 0 Å². The first-order chi connectivity index (χ1) is 10.0. The minimum atomic E-state index is -0.323. The molecule has 0 aliphatic heterocycles. The Hall–Kier alpha value is -2.47. The summed E-state index contributed by atoms with van der Waals surface area (Å²) in [6.45, 7) is 1.80. The summed E-state index contributed by atoms with van der Waals surface area (Å²) in [7, 11) is 1.56. The maximum absolute atomic E-state index is 12.9. The molecule has 0 spiro atoms. The first-order valence-corrected chi connectivity index (χ1v) is 6.09. The number of hydrogen-bond donors (Lipinski definition) is 2. The van der Waals surface area contributed by atoms with Crippen molar-refractivity contribution < 1.29 is 19.0 Å². The minimum Gasteiger partial charge on any atom is -0.483 e. The maximum atomic E-state index is 12.9. The zero-order chi connectivity index (χ0) is 15.8. The predicted octanol–water partition coefficient (Wildman–Crippen LogP) is 2.34. The van der Waals surface area contributed by atoms with Crippen LogP contribution in [0.2, 0.25) is 0 Å². The van der Waals surface area contributed by atoms with Crippen molar-refractivity contribution in [3.8, 4) is 11.1 Å². The molecule has 2 aromatic rings. The summed E-state index contributed by atoms with van der Waals surface area (Å²) in [5.74, 6) is -0.323. The van der Waals surface area contributed by atoms with Gasteiger partial charge in [-0.3, -0.25) is 9.59 Å². The van der Waals surface area contributed by atoms with Crippen molar-refractivity contribution in [2.45, 2.75) is 13.5 Å². The number of carbonyl (C=O) groups is 1. The molecular formula is C15H16FNO4. The van der Waals surface area contributed by atoms with Crippen molar-refractivity contribution >= 4 is 6.47 Å². The molecule has 2 rings (SSSR count). The fraction of sp³-hybridized carbons (Fsp3) is 0.200. The summed E-state index contributed by atoms with van der Waals surface area (Å²) in [6, 6.07) is 5.87. The number of pyridine rings is 1. The number of halogens is 1. The van der Waals surface area contributed by atoms with Crippen LogP contribution in [0.4, 0.5) is 4.39 Å². The third-order valence-electron chi connectivity index (χ3n) is 2.77. The summed E-state index contributed by atoms with van der Waals surface area (Å²) in [5.41, 5.74) is 2.48. The highest BCUT2D eigenvalue weighted by Gasteiger charge is 2.11. The molecule has 21 heavy (non-hydrogen) atoms. The highest BCUT2D eigenvalue weighted by molar-refractivity contribution is 5.66. The molecule has 112 valence electrons. The van der Waals surface area contributed by atoms with E-state index in [-0.39, 0.29) is 17.7 Å². The molecule has 1 heterocycles. The Morgan fingerprint density at radius 1 is 1.33 bits per heavy atom. The van der Waals surface area contributed by atoms with E-state index in [0.29, 0.717) is 29.0 Å². The van der Waals surface area contributed by atoms with E-state index in [1.54, 1.807) is 32.4 Å². The van der Waals surface area contributed by atoms with Crippen LogP contribution in [0.15, 0.2) is 35.3 Å². The number of ether oxygens (including phenoxy) is 1. The van der Waals surface area contributed by atoms with Gasteiger partial charge >= 0.3 is 0 Å². The lowest BCUT2D eigenvalue weighted by molar-refractivity contribution is -0.122. The molecule has 0 fully saturated rings. The summed E-state index contributed by atoms with van der Waals surface area (Å²) in [5, 5.41) is 6.89. The SMILES string of the molecule is COCc1[nH]cc(C)c(=O)c1-c1ccc(F)cc1.O=CO. The van der Waals surface area contributed by atoms with Gasteiger partial charge in [0.05, 0.1) is 17.9 Å². The average Bonchev–Trinajstić information content (AvgIpc) is 2.46. The van der Waals surface area contributed by atoms with E-state index in [1.807, 2.05) is 0 Å². The first kappa shape index (κ1) is 16.6. The van der Waals surface area contributed by atoms with Gasteiger partial charge in [-0.15, -0.1) is 0 Å². The van der Waals surface area contributed by atoms with Crippen molar-refractivity contribution in [3.05, 3.63) is 57.8 Å². The van der Waals surface area contributed by atoms with Gasteiger partial charge < -0.3 is 14.8 Å². The van der Waals surface area contributed by atoms with Crippen LogP contribution in [0, 0.1) is 12.7 Å². The van der Waals surface area contributed by atoms with Crippen molar-refractivity contribution in [3.63, 3.8) is 0 Å². The van der Waals surface area contributed by atoms with E-state index >= 15 is 0 Å². The summed E-state index contributed by atoms with van der Waals surface area (Å²) >= 11 is 0. The van der Waals surface area contributed by atoms with Gasteiger partial charge in [0, 0.05) is 18.9 Å². The number of aromatic nitrogens is 1. The number of rotatable bonds is 3. The molecule has 1 aromatic heterocycles. The largest absolute Gasteiger partial charge is 0.483 e. The molecule has 2 N–H and O–H groups in total. The molecular weight excluding hydrogens is 277 g/mol. The van der Waals surface area contributed by atoms with Crippen LogP contribution < -0.4 is 5.43 Å². The van der Waals surface area contributed by atoms with E-state index in [9.17, 15) is 9.18 Å². The fourth-order valence-corrected chi connectivity index (χ4v) is 1.85. The van der Waals surface area contributed by atoms with Crippen LogP contribution in [-0.2, 0) is 16.1 Å². The molecule has 0 bridgehead atoms. The lowest BCUT2D eigenvalue weighted by atomic mass is 10.0. The summed E-state index contributed by atoms with van der Waals surface area (Å²) in [6.07, 6.45) is 1.66. The Balaban J connectivity index is 0.000000677. The number of methoxy groups -OCH3 is 1. The summed E-state index contributed by atoms with van der Waals surface area (Å²) in [4.78, 5) is 23.6. The monoisotopic (exact) mass is 293 g/mol. The van der Waals surface area contributed by atoms with Crippen molar-refractivity contribution in [1.29, 1.82) is 0 Å². The molecule has 0 saturated carbocycles. The van der Waals surface area contributed by atoms with Crippen LogP contribution in [0.25, 0.3) is 11.1 Å². The number of aromatic amines is 1. The quantitative estimate of drug-likeness (QED) is 0.851. The van der Waals surface area contributed by atoms with Crippen molar-refractivity contribution in [1.82, 2.24) is 4.98 Å². The number of H-pyrrole nitrogens is 1. The highest BCUT2D eigenvalue weighted by Crippen LogP contribution is 2.20. The standard InChI is InChI=1S/C14H14FNO2.CH2O2/c1-9-7-16-12(8-18-2)13(14(9)17)10-3-5-11(15)6-4-10;2-1-3/h3-7H,8H2,1-2H3,(H,16,17);1H,(H,2,3). The van der Waals surface area contributed by atoms with Gasteiger partial charge in [-0.2, -0.15) is 0 Å². The van der Waals surface area contributed by atoms with Gasteiger partial charge in [-0.1, -0.05) is 12.1 Å². The van der Waals surface area contributed by atoms with Gasteiger partial charge in [0.25, 0.3) is 6.47 Å². The number of aryl methyl sites for hydroxylation is 1. The average molecular weight is 293 g/mol. The van der Waals surface area contributed by atoms with Gasteiger partial charge in [0.15, 0.2) is 5.43 Å². The Bertz CT molecular complexity index is 650. The van der Waals surface area contributed by atoms with Gasteiger partial charge in [-0.05, 0) is 24.6 Å². The molecule has 0 aliphatic carbocycles. The molecule has 6 heteroatoms. The lowest BCUT2D eigenvalue weighted by Crippen LogP contribution is -2.13. The van der Waals surface area contributed by atoms with E-state index in [4.69, 9.17) is 14.6 Å². The van der Waals surface area contributed by atoms with Crippen LogP contribution in [-0.4, -0.2) is 23.7 Å². The Kier molecular flexibility index (Phi) is 6.29. The topological polar surface area (TPSA) is 79.4 Å². The molecule has 1 aromatic carbocycles. The van der Waals surface area contributed by atoms with E-state index in [2.05, 4.69) is 4.98 Å². The third kappa shape index (κ3) is 4.25. The van der Waals surface area contributed by atoms with Crippen LogP contribution >= 0.6 is 0 Å². The van der Waals surface area contributed by atoms with Crippen molar-refractivity contribution in [2.75, 3.05) is 7.11 Å². The molecule has 0 amide bonds. The smallest absolute Gasteiger partial charge is 0.290 e. The number of carboxylic acid groups (broad SMARTS) is 1. The summed E-state index contributed by atoms with van der Waals surface area (Å²) < 4.78 is 18.0. The molecule has 0 atom stereocenters. The lowest BCUT2D eigenvalue weighted by Gasteiger charge is -2.09. The first-order valence-electron chi connectivity index (χ1n) is 6.09. The minimum absolute atomic E-state index is 0.0626. The van der Waals surface area contributed by atoms with E-state index in [0.717, 1.165) is 0 Å². The molecule has 0 saturated heterocycles. The van der Waals surface area contributed by atoms with Crippen LogP contribution in [0.3, 0.4) is 0 Å². The van der Waals surface area contributed by atoms with Gasteiger partial charge in [0.1, 0.15) is 5.82 Å². The Morgan fingerprint density at radius 2 is 1.90 bits per heavy atom. The Labute approximate surface area is 121 Å². The fourth-order valence-electron chi connectivity index (χ4n) is 1.85. The second-order valence-electron chi connectivity index (χ2n) is 4.20. The van der Waals surface area contributed by atoms with E-state index in [1.165, 1.54) is 12.1 Å². The maximum Gasteiger partial charge on any atom is 0.290 e. The molecule has 0 radical (unpaired) electrons. The van der Waals surface area contributed by atoms with Crippen LogP contribution in [0.5, 0.6) is 0 Å². The van der Waals surface area contributed by atoms with E-state index < -0.39 is 0 Å². The third-order valence-corrected chi connectivity index (χ3v) is 2.77. The number of benzene rings is 1. The zero-order valence-corrected chi connectivity index (χ0v) is 11.7. The normalized spacial score (nSPS) is 9.67. The Morgan fingerprint density at radius 3 is 2.43 bits per heavy atom. The zero-order valence-electron chi connectivity index (χ0n) is 11.7. The number of nitrogens with one attached hydrogen (secondary N) is 1. The molecule has 0 unspecified atom stereocenters. The predicted molar refractivity (Wildman–Crippen MR) is 76.6 cm³/mol. The second kappa shape index (κ2) is 7.96. The highest BCUT2D eigenvalue weighted by atomic mass is 19.1. The van der Waals surface area contributed by atoms with Gasteiger partial charge in [-0.25, -0.2) is 4.39 Å². The van der Waals surface area contributed by atoms with Crippen LogP contribution in [0.1, 0.15) is 11.3 Å². The second-order valence-corrected chi connectivity index (χ2v) is 4.20. The molecule has 5 nitrogen and oxygen atoms in total. The molecule has 0 aliphatic rings. The van der Waals surface area contributed by atoms with Crippen molar-refractivity contribution in [2.24, 2.45) is 0 Å². The number of hydrogen-bond acceptors (Lipinski definition) is 3.